The zero-order valence-electron chi connectivity index (χ0n) is 11.1. The third kappa shape index (κ3) is 1.34. The zero-order chi connectivity index (χ0) is 11.5. The van der Waals surface area contributed by atoms with Gasteiger partial charge in [0.15, 0.2) is 0 Å². The fourth-order valence-corrected chi connectivity index (χ4v) is 5.14. The molecule has 0 bridgehead atoms. The summed E-state index contributed by atoms with van der Waals surface area (Å²) in [6.07, 6.45) is 7.07. The van der Waals surface area contributed by atoms with E-state index in [0.717, 1.165) is 29.6 Å². The third-order valence-corrected chi connectivity index (χ3v) is 6.15. The maximum atomic E-state index is 4.39. The molecule has 0 aliphatic heterocycles. The van der Waals surface area contributed by atoms with Crippen LogP contribution >= 0.6 is 0 Å². The van der Waals surface area contributed by atoms with E-state index < -0.39 is 0 Å². The SMILES string of the molecule is C=C1CCC[C@H]2[C@@H]([C@@H]3[C@@H]1CC[C@@H]3C)C2(C)C. The number of hydrogen-bond donors (Lipinski definition) is 0. The van der Waals surface area contributed by atoms with Crippen molar-refractivity contribution in [2.45, 2.75) is 52.9 Å². The number of fused-ring (bicyclic) bond motifs is 3. The van der Waals surface area contributed by atoms with Crippen LogP contribution in [0.25, 0.3) is 0 Å². The molecule has 0 radical (unpaired) electrons. The fourth-order valence-electron chi connectivity index (χ4n) is 5.14. The highest BCUT2D eigenvalue weighted by Gasteiger charge is 2.63. The average molecular weight is 218 g/mol. The molecule has 0 amide bonds. The summed E-state index contributed by atoms with van der Waals surface area (Å²) in [5.74, 6) is 4.87. The summed E-state index contributed by atoms with van der Waals surface area (Å²) in [6.45, 7) is 11.9. The van der Waals surface area contributed by atoms with Gasteiger partial charge in [-0.2, -0.15) is 0 Å². The van der Waals surface area contributed by atoms with Crippen molar-refractivity contribution >= 4 is 0 Å². The minimum atomic E-state index is 0.645. The van der Waals surface area contributed by atoms with Crippen LogP contribution in [0.2, 0.25) is 0 Å². The molecule has 0 saturated heterocycles. The molecule has 0 aromatic carbocycles. The topological polar surface area (TPSA) is 0 Å². The van der Waals surface area contributed by atoms with Gasteiger partial charge >= 0.3 is 0 Å². The Morgan fingerprint density at radius 3 is 2.69 bits per heavy atom. The van der Waals surface area contributed by atoms with Crippen molar-refractivity contribution in [2.24, 2.45) is 35.0 Å². The van der Waals surface area contributed by atoms with E-state index in [1.165, 1.54) is 32.1 Å². The summed E-state index contributed by atoms with van der Waals surface area (Å²) < 4.78 is 0. The summed E-state index contributed by atoms with van der Waals surface area (Å²) in [6, 6.07) is 0. The van der Waals surface area contributed by atoms with Crippen molar-refractivity contribution in [2.75, 3.05) is 0 Å². The van der Waals surface area contributed by atoms with Crippen LogP contribution in [0.1, 0.15) is 52.9 Å². The second-order valence-electron chi connectivity index (χ2n) is 7.24. The van der Waals surface area contributed by atoms with Crippen LogP contribution in [-0.4, -0.2) is 0 Å². The Morgan fingerprint density at radius 2 is 1.94 bits per heavy atom. The molecule has 0 heterocycles. The highest BCUT2D eigenvalue weighted by molar-refractivity contribution is 5.17. The van der Waals surface area contributed by atoms with Gasteiger partial charge in [-0.25, -0.2) is 0 Å². The van der Waals surface area contributed by atoms with Gasteiger partial charge in [0.25, 0.3) is 0 Å². The molecule has 0 unspecified atom stereocenters. The predicted molar refractivity (Wildman–Crippen MR) is 69.1 cm³/mol. The lowest BCUT2D eigenvalue weighted by Crippen LogP contribution is -2.20. The lowest BCUT2D eigenvalue weighted by molar-refractivity contribution is 0.266. The summed E-state index contributed by atoms with van der Waals surface area (Å²) >= 11 is 0. The van der Waals surface area contributed by atoms with Gasteiger partial charge in [-0.05, 0) is 67.1 Å². The van der Waals surface area contributed by atoms with Gasteiger partial charge in [-0.1, -0.05) is 32.9 Å². The quantitative estimate of drug-likeness (QED) is 0.519. The van der Waals surface area contributed by atoms with Crippen molar-refractivity contribution in [1.29, 1.82) is 0 Å². The molecule has 0 aromatic rings. The maximum absolute atomic E-state index is 4.39. The molecule has 3 aliphatic rings. The number of rotatable bonds is 0. The van der Waals surface area contributed by atoms with Crippen molar-refractivity contribution in [3.63, 3.8) is 0 Å². The minimum absolute atomic E-state index is 0.645. The lowest BCUT2D eigenvalue weighted by atomic mass is 9.77. The summed E-state index contributed by atoms with van der Waals surface area (Å²) in [7, 11) is 0. The molecule has 3 rings (SSSR count). The summed E-state index contributed by atoms with van der Waals surface area (Å²) in [5.41, 5.74) is 2.24. The van der Waals surface area contributed by atoms with E-state index in [0.29, 0.717) is 5.41 Å². The first-order chi connectivity index (χ1) is 7.53. The second kappa shape index (κ2) is 3.37. The van der Waals surface area contributed by atoms with Crippen LogP contribution in [0.3, 0.4) is 0 Å². The Balaban J connectivity index is 1.91. The molecule has 0 nitrogen and oxygen atoms in total. The standard InChI is InChI=1S/C16H26/c1-10-6-5-7-13-15(16(13,3)4)14-11(2)8-9-12(10)14/h11-15H,1,5-9H2,2-4H3/t11-,12+,13-,14-,15-/m0/s1. The molecule has 3 aliphatic carbocycles. The van der Waals surface area contributed by atoms with Crippen molar-refractivity contribution in [3.05, 3.63) is 12.2 Å². The zero-order valence-corrected chi connectivity index (χ0v) is 11.1. The van der Waals surface area contributed by atoms with Gasteiger partial charge in [0.05, 0.1) is 0 Å². The molecule has 0 spiro atoms. The molecule has 3 saturated carbocycles. The Labute approximate surface area is 101 Å². The van der Waals surface area contributed by atoms with Crippen LogP contribution in [-0.2, 0) is 0 Å². The smallest absolute Gasteiger partial charge is 0.0172 e. The lowest BCUT2D eigenvalue weighted by Gasteiger charge is -2.28. The molecule has 0 aromatic heterocycles. The van der Waals surface area contributed by atoms with E-state index in [1.807, 2.05) is 0 Å². The van der Waals surface area contributed by atoms with E-state index in [-0.39, 0.29) is 0 Å². The normalized spacial score (nSPS) is 50.2. The van der Waals surface area contributed by atoms with Crippen LogP contribution in [0.4, 0.5) is 0 Å². The van der Waals surface area contributed by atoms with E-state index in [9.17, 15) is 0 Å². The van der Waals surface area contributed by atoms with E-state index >= 15 is 0 Å². The van der Waals surface area contributed by atoms with Gasteiger partial charge in [-0.3, -0.25) is 0 Å². The Kier molecular flexibility index (Phi) is 2.29. The number of hydrogen-bond acceptors (Lipinski definition) is 0. The molecule has 0 N–H and O–H groups in total. The Morgan fingerprint density at radius 1 is 1.19 bits per heavy atom. The van der Waals surface area contributed by atoms with Crippen LogP contribution < -0.4 is 0 Å². The fraction of sp³-hybridized carbons (Fsp3) is 0.875. The van der Waals surface area contributed by atoms with Gasteiger partial charge in [0, 0.05) is 0 Å². The largest absolute Gasteiger partial charge is 0.0996 e. The average Bonchev–Trinajstić information content (AvgIpc) is 2.54. The maximum Gasteiger partial charge on any atom is -0.0172 e. The van der Waals surface area contributed by atoms with Gasteiger partial charge < -0.3 is 0 Å². The molecular weight excluding hydrogens is 192 g/mol. The van der Waals surface area contributed by atoms with E-state index in [1.54, 1.807) is 5.57 Å². The van der Waals surface area contributed by atoms with Crippen LogP contribution in [0, 0.1) is 35.0 Å². The summed E-state index contributed by atoms with van der Waals surface area (Å²) in [4.78, 5) is 0. The van der Waals surface area contributed by atoms with Crippen LogP contribution in [0.15, 0.2) is 12.2 Å². The van der Waals surface area contributed by atoms with Crippen molar-refractivity contribution in [3.8, 4) is 0 Å². The van der Waals surface area contributed by atoms with Crippen LogP contribution in [0.5, 0.6) is 0 Å². The first-order valence-corrected chi connectivity index (χ1v) is 7.21. The van der Waals surface area contributed by atoms with E-state index in [4.69, 9.17) is 0 Å². The van der Waals surface area contributed by atoms with Gasteiger partial charge in [-0.15, -0.1) is 0 Å². The van der Waals surface area contributed by atoms with Crippen molar-refractivity contribution < 1.29 is 0 Å². The number of allylic oxidation sites excluding steroid dienone is 1. The minimum Gasteiger partial charge on any atom is -0.0996 e. The first kappa shape index (κ1) is 10.9. The van der Waals surface area contributed by atoms with Gasteiger partial charge in [0.2, 0.25) is 0 Å². The molecule has 3 fully saturated rings. The summed E-state index contributed by atoms with van der Waals surface area (Å²) in [5, 5.41) is 0. The highest BCUT2D eigenvalue weighted by Crippen LogP contribution is 2.69. The van der Waals surface area contributed by atoms with Gasteiger partial charge in [0.1, 0.15) is 0 Å². The van der Waals surface area contributed by atoms with Crippen molar-refractivity contribution in [1.82, 2.24) is 0 Å². The molecule has 16 heavy (non-hydrogen) atoms. The van der Waals surface area contributed by atoms with E-state index in [2.05, 4.69) is 27.4 Å². The molecule has 90 valence electrons. The first-order valence-electron chi connectivity index (χ1n) is 7.21. The Bertz CT molecular complexity index is 312. The monoisotopic (exact) mass is 218 g/mol. The second-order valence-corrected chi connectivity index (χ2v) is 7.24. The Hall–Kier alpha value is -0.260. The molecule has 0 heteroatoms. The molecular formula is C16H26. The predicted octanol–water partition coefficient (Wildman–Crippen LogP) is 4.66. The molecule has 5 atom stereocenters. The highest BCUT2D eigenvalue weighted by atomic mass is 14.7. The third-order valence-electron chi connectivity index (χ3n) is 6.15.